The van der Waals surface area contributed by atoms with Crippen LogP contribution in [0.3, 0.4) is 0 Å². The molecule has 0 saturated carbocycles. The summed E-state index contributed by atoms with van der Waals surface area (Å²) in [6, 6.07) is 6.93. The van der Waals surface area contributed by atoms with Crippen molar-refractivity contribution in [2.45, 2.75) is 19.3 Å². The summed E-state index contributed by atoms with van der Waals surface area (Å²) in [6.07, 6.45) is 3.81. The summed E-state index contributed by atoms with van der Waals surface area (Å²) in [5.41, 5.74) is 0.680. The maximum absolute atomic E-state index is 12.4. The van der Waals surface area contributed by atoms with E-state index < -0.39 is 0 Å². The molecule has 0 atom stereocenters. The van der Waals surface area contributed by atoms with Crippen molar-refractivity contribution in [3.63, 3.8) is 0 Å². The maximum atomic E-state index is 12.4. The number of rotatable bonds is 3. The third-order valence-corrected chi connectivity index (χ3v) is 4.95. The first kappa shape index (κ1) is 16.5. The third-order valence-electron chi connectivity index (χ3n) is 4.24. The largest absolute Gasteiger partial charge is 0.334 e. The van der Waals surface area contributed by atoms with E-state index in [1.807, 2.05) is 12.1 Å². The molecule has 2 heterocycles. The second kappa shape index (κ2) is 7.47. The Hall–Kier alpha value is -1.37. The number of benzene rings is 1. The van der Waals surface area contributed by atoms with Gasteiger partial charge < -0.3 is 10.2 Å². The van der Waals surface area contributed by atoms with Gasteiger partial charge in [-0.1, -0.05) is 24.1 Å². The molecule has 1 N–H and O–H groups in total. The monoisotopic (exact) mass is 352 g/mol. The van der Waals surface area contributed by atoms with Crippen LogP contribution in [-0.4, -0.2) is 58.7 Å². The standard InChI is InChI=1S/C16H21ClN4OS/c17-13-5-4-6-14(11-13)18-15(22)21-10-9-20(16(21)23)12-19-7-2-1-3-8-19/h4-6,11H,1-3,7-10,12H2,(H,18,22). The molecular formula is C16H21ClN4OS. The first-order chi connectivity index (χ1) is 11.1. The van der Waals surface area contributed by atoms with Crippen molar-refractivity contribution in [2.75, 3.05) is 38.2 Å². The van der Waals surface area contributed by atoms with Gasteiger partial charge >= 0.3 is 6.03 Å². The molecule has 2 fully saturated rings. The molecule has 2 aliphatic rings. The minimum Gasteiger partial charge on any atom is -0.334 e. The topological polar surface area (TPSA) is 38.8 Å². The van der Waals surface area contributed by atoms with Gasteiger partial charge in [-0.3, -0.25) is 9.80 Å². The average molecular weight is 353 g/mol. The number of hydrogen-bond acceptors (Lipinski definition) is 3. The van der Waals surface area contributed by atoms with Gasteiger partial charge in [0, 0.05) is 23.8 Å². The van der Waals surface area contributed by atoms with Crippen LogP contribution in [0.1, 0.15) is 19.3 Å². The summed E-state index contributed by atoms with van der Waals surface area (Å²) in [6.45, 7) is 4.47. The van der Waals surface area contributed by atoms with Gasteiger partial charge in [0.15, 0.2) is 5.11 Å². The van der Waals surface area contributed by atoms with E-state index in [2.05, 4.69) is 15.1 Å². The molecule has 0 aromatic heterocycles. The van der Waals surface area contributed by atoms with Gasteiger partial charge in [0.05, 0.1) is 6.67 Å². The van der Waals surface area contributed by atoms with Crippen LogP contribution in [0, 0.1) is 0 Å². The highest BCUT2D eigenvalue weighted by Crippen LogP contribution is 2.18. The zero-order valence-corrected chi connectivity index (χ0v) is 14.6. The van der Waals surface area contributed by atoms with Crippen molar-refractivity contribution >= 4 is 40.6 Å². The van der Waals surface area contributed by atoms with Crippen molar-refractivity contribution < 1.29 is 4.79 Å². The van der Waals surface area contributed by atoms with Crippen LogP contribution in [0.25, 0.3) is 0 Å². The van der Waals surface area contributed by atoms with Crippen molar-refractivity contribution in [3.8, 4) is 0 Å². The number of nitrogens with one attached hydrogen (secondary N) is 1. The molecule has 124 valence electrons. The molecule has 2 aliphatic heterocycles. The maximum Gasteiger partial charge on any atom is 0.328 e. The first-order valence-electron chi connectivity index (χ1n) is 7.99. The highest BCUT2D eigenvalue weighted by Gasteiger charge is 2.30. The van der Waals surface area contributed by atoms with Crippen molar-refractivity contribution in [1.29, 1.82) is 0 Å². The number of anilines is 1. The predicted octanol–water partition coefficient (Wildman–Crippen LogP) is 3.22. The zero-order valence-electron chi connectivity index (χ0n) is 13.0. The number of hydrogen-bond donors (Lipinski definition) is 1. The van der Waals surface area contributed by atoms with Crippen molar-refractivity contribution in [1.82, 2.24) is 14.7 Å². The lowest BCUT2D eigenvalue weighted by molar-refractivity contribution is 0.167. The van der Waals surface area contributed by atoms with E-state index in [4.69, 9.17) is 23.8 Å². The number of likely N-dealkylation sites (tertiary alicyclic amines) is 1. The van der Waals surface area contributed by atoms with Crippen LogP contribution >= 0.6 is 23.8 Å². The van der Waals surface area contributed by atoms with E-state index in [1.54, 1.807) is 17.0 Å². The summed E-state index contributed by atoms with van der Waals surface area (Å²) < 4.78 is 0. The Morgan fingerprint density at radius 3 is 2.70 bits per heavy atom. The number of urea groups is 1. The Bertz CT molecular complexity index is 591. The fraction of sp³-hybridized carbons (Fsp3) is 0.500. The van der Waals surface area contributed by atoms with Crippen LogP contribution < -0.4 is 5.32 Å². The van der Waals surface area contributed by atoms with Crippen molar-refractivity contribution in [3.05, 3.63) is 29.3 Å². The van der Waals surface area contributed by atoms with Crippen LogP contribution in [0.5, 0.6) is 0 Å². The molecule has 5 nitrogen and oxygen atoms in total. The minimum atomic E-state index is -0.196. The minimum absolute atomic E-state index is 0.196. The zero-order chi connectivity index (χ0) is 16.2. The van der Waals surface area contributed by atoms with Crippen LogP contribution in [-0.2, 0) is 0 Å². The lowest BCUT2D eigenvalue weighted by Crippen LogP contribution is -2.44. The Balaban J connectivity index is 1.56. The van der Waals surface area contributed by atoms with Gasteiger partial charge in [-0.15, -0.1) is 0 Å². The second-order valence-corrected chi connectivity index (χ2v) is 6.76. The number of halogens is 1. The Morgan fingerprint density at radius 2 is 1.96 bits per heavy atom. The van der Waals surface area contributed by atoms with E-state index in [0.717, 1.165) is 26.3 Å². The molecule has 0 spiro atoms. The molecule has 1 aromatic carbocycles. The van der Waals surface area contributed by atoms with Gasteiger partial charge in [0.1, 0.15) is 0 Å². The van der Waals surface area contributed by atoms with Gasteiger partial charge in [-0.2, -0.15) is 0 Å². The quantitative estimate of drug-likeness (QED) is 0.848. The second-order valence-electron chi connectivity index (χ2n) is 5.96. The number of thiocarbonyl (C=S) groups is 1. The van der Waals surface area contributed by atoms with Gasteiger partial charge in [0.2, 0.25) is 0 Å². The molecule has 0 bridgehead atoms. The van der Waals surface area contributed by atoms with E-state index in [-0.39, 0.29) is 6.03 Å². The van der Waals surface area contributed by atoms with Gasteiger partial charge in [-0.05, 0) is 56.3 Å². The highest BCUT2D eigenvalue weighted by molar-refractivity contribution is 7.80. The van der Waals surface area contributed by atoms with E-state index >= 15 is 0 Å². The fourth-order valence-electron chi connectivity index (χ4n) is 3.00. The molecule has 2 saturated heterocycles. The van der Waals surface area contributed by atoms with E-state index in [1.165, 1.54) is 19.3 Å². The predicted molar refractivity (Wildman–Crippen MR) is 96.8 cm³/mol. The SMILES string of the molecule is O=C(Nc1cccc(Cl)c1)N1CCN(CN2CCCCC2)C1=S. The van der Waals surface area contributed by atoms with E-state index in [9.17, 15) is 4.79 Å². The van der Waals surface area contributed by atoms with Crippen molar-refractivity contribution in [2.24, 2.45) is 0 Å². The van der Waals surface area contributed by atoms with Gasteiger partial charge in [-0.25, -0.2) is 4.79 Å². The molecule has 1 aromatic rings. The Labute approximate surface area is 147 Å². The van der Waals surface area contributed by atoms with Crippen LogP contribution in [0.2, 0.25) is 5.02 Å². The average Bonchev–Trinajstić information content (AvgIpc) is 2.89. The number of nitrogens with zero attached hydrogens (tertiary/aromatic N) is 3. The first-order valence-corrected chi connectivity index (χ1v) is 8.77. The van der Waals surface area contributed by atoms with Gasteiger partial charge in [0.25, 0.3) is 0 Å². The molecule has 2 amide bonds. The lowest BCUT2D eigenvalue weighted by Gasteiger charge is -2.31. The normalized spacial score (nSPS) is 19.3. The number of amides is 2. The third kappa shape index (κ3) is 4.13. The Kier molecular flexibility index (Phi) is 5.35. The summed E-state index contributed by atoms with van der Waals surface area (Å²) >= 11 is 11.4. The molecule has 23 heavy (non-hydrogen) atoms. The van der Waals surface area contributed by atoms with E-state index in [0.29, 0.717) is 22.4 Å². The molecule has 0 aliphatic carbocycles. The van der Waals surface area contributed by atoms with Crippen LogP contribution in [0.4, 0.5) is 10.5 Å². The fourth-order valence-corrected chi connectivity index (χ4v) is 3.52. The number of carbonyl (C=O) groups excluding carboxylic acids is 1. The number of piperidine rings is 1. The number of carbonyl (C=O) groups is 1. The summed E-state index contributed by atoms with van der Waals surface area (Å²) in [7, 11) is 0. The molecule has 3 rings (SSSR count). The molecule has 7 heteroatoms. The molecular weight excluding hydrogens is 332 g/mol. The molecule has 0 unspecified atom stereocenters. The summed E-state index contributed by atoms with van der Waals surface area (Å²) in [5.74, 6) is 0. The van der Waals surface area contributed by atoms with Crippen LogP contribution in [0.15, 0.2) is 24.3 Å². The summed E-state index contributed by atoms with van der Waals surface area (Å²) in [4.78, 5) is 18.6. The Morgan fingerprint density at radius 1 is 1.17 bits per heavy atom. The smallest absolute Gasteiger partial charge is 0.328 e. The highest BCUT2D eigenvalue weighted by atomic mass is 35.5. The lowest BCUT2D eigenvalue weighted by atomic mass is 10.1. The summed E-state index contributed by atoms with van der Waals surface area (Å²) in [5, 5.41) is 4.06. The molecule has 0 radical (unpaired) electrons.